The number of likely N-dealkylation sites (tertiary alicyclic amines) is 1. The molecule has 0 spiro atoms. The second-order valence-corrected chi connectivity index (χ2v) is 9.05. The van der Waals surface area contributed by atoms with E-state index in [2.05, 4.69) is 10.3 Å². The van der Waals surface area contributed by atoms with E-state index in [4.69, 9.17) is 16.3 Å². The summed E-state index contributed by atoms with van der Waals surface area (Å²) in [5, 5.41) is 3.64. The Hall–Kier alpha value is -2.80. The van der Waals surface area contributed by atoms with Gasteiger partial charge in [-0.15, -0.1) is 0 Å². The number of nitrogens with zero attached hydrogens (tertiary/aromatic N) is 1. The van der Waals surface area contributed by atoms with E-state index < -0.39 is 5.97 Å². The summed E-state index contributed by atoms with van der Waals surface area (Å²) in [6.07, 6.45) is 1.50. The SMILES string of the molecule is CCOC(=O)c1c(C)[nH]c(C(=O)N2CCC([C@H](C)C(=O)NCc3cccc(Cl)c3)CC2)c1C. The van der Waals surface area contributed by atoms with Crippen molar-refractivity contribution in [2.75, 3.05) is 19.7 Å². The van der Waals surface area contributed by atoms with E-state index in [-0.39, 0.29) is 30.3 Å². The number of halogens is 1. The molecular weight excluding hydrogens is 442 g/mol. The molecule has 8 heteroatoms. The molecule has 7 nitrogen and oxygen atoms in total. The van der Waals surface area contributed by atoms with Crippen LogP contribution in [0.1, 0.15) is 64.4 Å². The molecule has 1 saturated heterocycles. The van der Waals surface area contributed by atoms with Crippen molar-refractivity contribution in [2.24, 2.45) is 11.8 Å². The Kier molecular flexibility index (Phi) is 8.19. The number of nitrogens with one attached hydrogen (secondary N) is 2. The summed E-state index contributed by atoms with van der Waals surface area (Å²) < 4.78 is 5.12. The molecule has 0 unspecified atom stereocenters. The quantitative estimate of drug-likeness (QED) is 0.587. The highest BCUT2D eigenvalue weighted by Crippen LogP contribution is 2.27. The van der Waals surface area contributed by atoms with Gasteiger partial charge in [-0.1, -0.05) is 30.7 Å². The lowest BCUT2D eigenvalue weighted by Crippen LogP contribution is -2.42. The first-order chi connectivity index (χ1) is 15.7. The van der Waals surface area contributed by atoms with E-state index in [1.54, 1.807) is 31.7 Å². The monoisotopic (exact) mass is 473 g/mol. The fourth-order valence-electron chi connectivity index (χ4n) is 4.45. The van der Waals surface area contributed by atoms with Gasteiger partial charge in [0.25, 0.3) is 5.91 Å². The molecule has 0 bridgehead atoms. The van der Waals surface area contributed by atoms with Crippen molar-refractivity contribution in [2.45, 2.75) is 47.1 Å². The van der Waals surface area contributed by atoms with Gasteiger partial charge >= 0.3 is 5.97 Å². The third kappa shape index (κ3) is 5.77. The Morgan fingerprint density at radius 3 is 2.58 bits per heavy atom. The molecule has 0 aliphatic carbocycles. The highest BCUT2D eigenvalue weighted by molar-refractivity contribution is 6.30. The number of aromatic nitrogens is 1. The highest BCUT2D eigenvalue weighted by Gasteiger charge is 2.32. The summed E-state index contributed by atoms with van der Waals surface area (Å²) in [5.41, 5.74) is 3.07. The molecule has 1 aromatic heterocycles. The second-order valence-electron chi connectivity index (χ2n) is 8.61. The highest BCUT2D eigenvalue weighted by atomic mass is 35.5. The van der Waals surface area contributed by atoms with E-state index in [1.807, 2.05) is 25.1 Å². The average molecular weight is 474 g/mol. The number of carbonyl (C=O) groups excluding carboxylic acids is 3. The number of hydrogen-bond donors (Lipinski definition) is 2. The van der Waals surface area contributed by atoms with Crippen LogP contribution in [0.15, 0.2) is 24.3 Å². The minimum atomic E-state index is -0.417. The number of aryl methyl sites for hydroxylation is 1. The van der Waals surface area contributed by atoms with E-state index in [0.717, 1.165) is 18.4 Å². The molecule has 2 heterocycles. The number of ether oxygens (including phenoxy) is 1. The molecule has 2 N–H and O–H groups in total. The van der Waals surface area contributed by atoms with Crippen LogP contribution in [0, 0.1) is 25.7 Å². The van der Waals surface area contributed by atoms with Crippen LogP contribution in [0.3, 0.4) is 0 Å². The molecule has 1 aliphatic heterocycles. The zero-order valence-electron chi connectivity index (χ0n) is 19.7. The molecule has 1 aromatic carbocycles. The van der Waals surface area contributed by atoms with Crippen LogP contribution in [-0.4, -0.2) is 47.4 Å². The largest absolute Gasteiger partial charge is 0.462 e. The lowest BCUT2D eigenvalue weighted by molar-refractivity contribution is -0.126. The molecule has 178 valence electrons. The zero-order valence-corrected chi connectivity index (χ0v) is 20.4. The fraction of sp³-hybridized carbons (Fsp3) is 0.480. The third-order valence-corrected chi connectivity index (χ3v) is 6.67. The summed E-state index contributed by atoms with van der Waals surface area (Å²) >= 11 is 6.01. The molecular formula is C25H32ClN3O4. The summed E-state index contributed by atoms with van der Waals surface area (Å²) in [7, 11) is 0. The number of H-pyrrole nitrogens is 1. The lowest BCUT2D eigenvalue weighted by atomic mass is 9.84. The fourth-order valence-corrected chi connectivity index (χ4v) is 4.66. The summed E-state index contributed by atoms with van der Waals surface area (Å²) in [4.78, 5) is 42.9. The van der Waals surface area contributed by atoms with Crippen LogP contribution >= 0.6 is 11.6 Å². The van der Waals surface area contributed by atoms with Crippen molar-refractivity contribution in [3.8, 4) is 0 Å². The van der Waals surface area contributed by atoms with Crippen molar-refractivity contribution in [3.63, 3.8) is 0 Å². The van der Waals surface area contributed by atoms with Crippen LogP contribution < -0.4 is 5.32 Å². The second kappa shape index (κ2) is 10.9. The van der Waals surface area contributed by atoms with Gasteiger partial charge in [-0.25, -0.2) is 4.79 Å². The summed E-state index contributed by atoms with van der Waals surface area (Å²) in [5.74, 6) is -0.474. The van der Waals surface area contributed by atoms with Crippen molar-refractivity contribution in [3.05, 3.63) is 57.4 Å². The van der Waals surface area contributed by atoms with Gasteiger partial charge in [-0.3, -0.25) is 9.59 Å². The van der Waals surface area contributed by atoms with E-state index in [9.17, 15) is 14.4 Å². The van der Waals surface area contributed by atoms with Crippen molar-refractivity contribution in [1.82, 2.24) is 15.2 Å². The van der Waals surface area contributed by atoms with Crippen LogP contribution in [0.25, 0.3) is 0 Å². The molecule has 1 aliphatic rings. The molecule has 2 amide bonds. The molecule has 33 heavy (non-hydrogen) atoms. The molecule has 3 rings (SSSR count). The number of rotatable bonds is 7. The Bertz CT molecular complexity index is 1020. The average Bonchev–Trinajstić information content (AvgIpc) is 3.10. The Labute approximate surface area is 199 Å². The third-order valence-electron chi connectivity index (χ3n) is 6.43. The van der Waals surface area contributed by atoms with Gasteiger partial charge in [0, 0.05) is 36.3 Å². The van der Waals surface area contributed by atoms with Crippen LogP contribution in [-0.2, 0) is 16.1 Å². The molecule has 0 radical (unpaired) electrons. The maximum absolute atomic E-state index is 13.1. The summed E-state index contributed by atoms with van der Waals surface area (Å²) in [6.45, 7) is 9.10. The Morgan fingerprint density at radius 1 is 1.24 bits per heavy atom. The van der Waals surface area contributed by atoms with Crippen molar-refractivity contribution < 1.29 is 19.1 Å². The van der Waals surface area contributed by atoms with Crippen molar-refractivity contribution >= 4 is 29.4 Å². The van der Waals surface area contributed by atoms with E-state index >= 15 is 0 Å². The van der Waals surface area contributed by atoms with Crippen molar-refractivity contribution in [1.29, 1.82) is 0 Å². The van der Waals surface area contributed by atoms with Gasteiger partial charge in [-0.05, 0) is 62.8 Å². The topological polar surface area (TPSA) is 91.5 Å². The standard InChI is InChI=1S/C25H32ClN3O4/c1-5-33-25(32)21-16(3)22(28-17(21)4)24(31)29-11-9-19(10-12-29)15(2)23(30)27-14-18-7-6-8-20(26)13-18/h6-8,13,15,19,28H,5,9-12,14H2,1-4H3,(H,27,30)/t15-/m0/s1. The van der Waals surface area contributed by atoms with Crippen LogP contribution in [0.4, 0.5) is 0 Å². The lowest BCUT2D eigenvalue weighted by Gasteiger charge is -2.34. The number of carbonyl (C=O) groups is 3. The molecule has 0 saturated carbocycles. The smallest absolute Gasteiger partial charge is 0.340 e. The zero-order chi connectivity index (χ0) is 24.1. The first kappa shape index (κ1) is 24.8. The number of amides is 2. The van der Waals surface area contributed by atoms with Gasteiger partial charge in [-0.2, -0.15) is 0 Å². The number of benzene rings is 1. The van der Waals surface area contributed by atoms with Gasteiger partial charge < -0.3 is 19.9 Å². The number of hydrogen-bond acceptors (Lipinski definition) is 4. The van der Waals surface area contributed by atoms with Gasteiger partial charge in [0.2, 0.25) is 5.91 Å². The Balaban J connectivity index is 1.56. The summed E-state index contributed by atoms with van der Waals surface area (Å²) in [6, 6.07) is 7.44. The normalized spacial score (nSPS) is 15.2. The number of aromatic amines is 1. The maximum atomic E-state index is 13.1. The minimum absolute atomic E-state index is 0.00895. The first-order valence-corrected chi connectivity index (χ1v) is 11.8. The van der Waals surface area contributed by atoms with E-state index in [1.165, 1.54) is 0 Å². The van der Waals surface area contributed by atoms with Gasteiger partial charge in [0.15, 0.2) is 0 Å². The number of esters is 1. The van der Waals surface area contributed by atoms with E-state index in [0.29, 0.717) is 47.2 Å². The minimum Gasteiger partial charge on any atom is -0.462 e. The van der Waals surface area contributed by atoms with Gasteiger partial charge in [0.1, 0.15) is 5.69 Å². The van der Waals surface area contributed by atoms with Crippen LogP contribution in [0.5, 0.6) is 0 Å². The maximum Gasteiger partial charge on any atom is 0.340 e. The first-order valence-electron chi connectivity index (χ1n) is 11.4. The molecule has 1 atom stereocenters. The predicted molar refractivity (Wildman–Crippen MR) is 127 cm³/mol. The Morgan fingerprint density at radius 2 is 1.94 bits per heavy atom. The predicted octanol–water partition coefficient (Wildman–Crippen LogP) is 4.27. The molecule has 2 aromatic rings. The number of piperidine rings is 1. The molecule has 1 fully saturated rings. The van der Waals surface area contributed by atoms with Gasteiger partial charge in [0.05, 0.1) is 12.2 Å². The van der Waals surface area contributed by atoms with Crippen LogP contribution in [0.2, 0.25) is 5.02 Å².